The number of nitrogens with zero attached hydrogens (tertiary/aromatic N) is 2. The molecule has 2 saturated carbocycles. The fraction of sp³-hybridized carbons (Fsp3) is 0.900. The summed E-state index contributed by atoms with van der Waals surface area (Å²) in [5.41, 5.74) is -0.472. The van der Waals surface area contributed by atoms with Crippen molar-refractivity contribution in [2.45, 2.75) is 101 Å². The lowest BCUT2D eigenvalue weighted by Crippen LogP contribution is -2.46. The highest BCUT2D eigenvalue weighted by Gasteiger charge is 2.31. The third-order valence-corrected chi connectivity index (χ3v) is 5.87. The van der Waals surface area contributed by atoms with Crippen molar-refractivity contribution in [3.05, 3.63) is 0 Å². The maximum absolute atomic E-state index is 9.44. The largest absolute Gasteiger partial charge is 0.299 e. The lowest BCUT2D eigenvalue weighted by Gasteiger charge is -2.32. The minimum atomic E-state index is -0.236. The van der Waals surface area contributed by atoms with Crippen molar-refractivity contribution in [2.24, 2.45) is 0 Å². The molecule has 134 valence electrons. The first kappa shape index (κ1) is 19.2. The molecule has 0 bridgehead atoms. The number of hydrogen-bond donors (Lipinski definition) is 2. The molecular formula is C20H34N4. The minimum Gasteiger partial charge on any atom is -0.299 e. The van der Waals surface area contributed by atoms with E-state index in [1.165, 1.54) is 51.4 Å². The van der Waals surface area contributed by atoms with Crippen LogP contribution in [0.1, 0.15) is 89.9 Å². The fourth-order valence-corrected chi connectivity index (χ4v) is 4.23. The van der Waals surface area contributed by atoms with Crippen LogP contribution in [-0.4, -0.2) is 24.2 Å². The molecule has 2 aliphatic carbocycles. The lowest BCUT2D eigenvalue weighted by atomic mass is 9.82. The zero-order valence-corrected chi connectivity index (χ0v) is 15.2. The van der Waals surface area contributed by atoms with E-state index in [4.69, 9.17) is 0 Å². The van der Waals surface area contributed by atoms with Crippen molar-refractivity contribution in [3.8, 4) is 12.1 Å². The van der Waals surface area contributed by atoms with E-state index < -0.39 is 0 Å². The number of nitriles is 2. The van der Waals surface area contributed by atoms with Crippen molar-refractivity contribution in [1.29, 1.82) is 10.5 Å². The van der Waals surface area contributed by atoms with E-state index >= 15 is 0 Å². The van der Waals surface area contributed by atoms with E-state index in [2.05, 4.69) is 22.8 Å². The van der Waals surface area contributed by atoms with E-state index in [0.717, 1.165) is 51.6 Å². The van der Waals surface area contributed by atoms with Crippen LogP contribution in [-0.2, 0) is 0 Å². The molecule has 2 aliphatic rings. The zero-order valence-electron chi connectivity index (χ0n) is 15.2. The molecule has 0 aromatic rings. The summed E-state index contributed by atoms with van der Waals surface area (Å²) < 4.78 is 0. The van der Waals surface area contributed by atoms with Crippen LogP contribution in [0.25, 0.3) is 0 Å². The Labute approximate surface area is 148 Å². The summed E-state index contributed by atoms with van der Waals surface area (Å²) in [7, 11) is 0. The minimum absolute atomic E-state index is 0.236. The Balaban J connectivity index is 1.51. The van der Waals surface area contributed by atoms with Gasteiger partial charge in [0.2, 0.25) is 0 Å². The second kappa shape index (κ2) is 10.0. The van der Waals surface area contributed by atoms with Crippen LogP contribution >= 0.6 is 0 Å². The molecule has 0 atom stereocenters. The van der Waals surface area contributed by atoms with Gasteiger partial charge in [-0.2, -0.15) is 10.5 Å². The third kappa shape index (κ3) is 5.76. The summed E-state index contributed by atoms with van der Waals surface area (Å²) in [5, 5.41) is 25.9. The second-order valence-electron chi connectivity index (χ2n) is 7.78. The Morgan fingerprint density at radius 3 is 1.29 bits per heavy atom. The second-order valence-corrected chi connectivity index (χ2v) is 7.78. The zero-order chi connectivity index (χ0) is 17.1. The van der Waals surface area contributed by atoms with Gasteiger partial charge < -0.3 is 0 Å². The summed E-state index contributed by atoms with van der Waals surface area (Å²) >= 11 is 0. The molecule has 0 aromatic heterocycles. The Kier molecular flexibility index (Phi) is 8.03. The highest BCUT2D eigenvalue weighted by atomic mass is 15.0. The van der Waals surface area contributed by atoms with E-state index in [0.29, 0.717) is 0 Å². The van der Waals surface area contributed by atoms with Gasteiger partial charge in [-0.1, -0.05) is 51.4 Å². The first-order valence-corrected chi connectivity index (χ1v) is 10.1. The van der Waals surface area contributed by atoms with Gasteiger partial charge in [0.15, 0.2) is 0 Å². The number of nitrogens with one attached hydrogen (secondary N) is 2. The predicted octanol–water partition coefficient (Wildman–Crippen LogP) is 4.18. The van der Waals surface area contributed by atoms with Crippen LogP contribution in [0.15, 0.2) is 0 Å². The molecule has 4 heteroatoms. The van der Waals surface area contributed by atoms with Crippen LogP contribution < -0.4 is 10.6 Å². The molecule has 2 N–H and O–H groups in total. The molecule has 0 heterocycles. The van der Waals surface area contributed by atoms with Crippen molar-refractivity contribution in [3.63, 3.8) is 0 Å². The van der Waals surface area contributed by atoms with Crippen LogP contribution in [0, 0.1) is 22.7 Å². The maximum atomic E-state index is 9.44. The molecular weight excluding hydrogens is 296 g/mol. The van der Waals surface area contributed by atoms with E-state index in [9.17, 15) is 10.5 Å². The molecule has 0 aromatic carbocycles. The predicted molar refractivity (Wildman–Crippen MR) is 97.3 cm³/mol. The van der Waals surface area contributed by atoms with Gasteiger partial charge >= 0.3 is 0 Å². The van der Waals surface area contributed by atoms with Gasteiger partial charge in [0.05, 0.1) is 12.1 Å². The Bertz CT molecular complexity index is 392. The first-order chi connectivity index (χ1) is 11.7. The van der Waals surface area contributed by atoms with Crippen molar-refractivity contribution >= 4 is 0 Å². The maximum Gasteiger partial charge on any atom is 0.106 e. The number of hydrogen-bond acceptors (Lipinski definition) is 4. The molecule has 2 rings (SSSR count). The molecule has 4 nitrogen and oxygen atoms in total. The molecule has 24 heavy (non-hydrogen) atoms. The average Bonchev–Trinajstić information content (AvgIpc) is 2.65. The van der Waals surface area contributed by atoms with Crippen LogP contribution in [0.3, 0.4) is 0 Å². The van der Waals surface area contributed by atoms with Crippen molar-refractivity contribution < 1.29 is 0 Å². The van der Waals surface area contributed by atoms with Crippen molar-refractivity contribution in [1.82, 2.24) is 10.6 Å². The molecule has 0 spiro atoms. The van der Waals surface area contributed by atoms with Gasteiger partial charge in [0.1, 0.15) is 11.1 Å². The first-order valence-electron chi connectivity index (χ1n) is 10.1. The quantitative estimate of drug-likeness (QED) is 0.622. The van der Waals surface area contributed by atoms with E-state index in [1.807, 2.05) is 0 Å². The van der Waals surface area contributed by atoms with Gasteiger partial charge in [-0.05, 0) is 51.6 Å². The lowest BCUT2D eigenvalue weighted by molar-refractivity contribution is 0.291. The summed E-state index contributed by atoms with van der Waals surface area (Å²) in [4.78, 5) is 0. The Morgan fingerprint density at radius 2 is 0.958 bits per heavy atom. The molecule has 0 radical (unpaired) electrons. The van der Waals surface area contributed by atoms with Crippen molar-refractivity contribution in [2.75, 3.05) is 13.1 Å². The van der Waals surface area contributed by atoms with Gasteiger partial charge in [0, 0.05) is 0 Å². The Morgan fingerprint density at radius 1 is 0.583 bits per heavy atom. The SMILES string of the molecule is N#CC1(NCCCCCCNC2(C#N)CCCCC2)CCCCC1. The normalized spacial score (nSPS) is 22.4. The third-order valence-electron chi connectivity index (χ3n) is 5.87. The summed E-state index contributed by atoms with van der Waals surface area (Å²) in [6.45, 7) is 1.92. The van der Waals surface area contributed by atoms with E-state index in [-0.39, 0.29) is 11.1 Å². The molecule has 0 saturated heterocycles. The molecule has 0 aliphatic heterocycles. The highest BCUT2D eigenvalue weighted by Crippen LogP contribution is 2.28. The number of unbranched alkanes of at least 4 members (excludes halogenated alkanes) is 3. The standard InChI is InChI=1S/C20H34N4/c21-17-19(11-5-3-6-12-19)23-15-9-1-2-10-16-24-20(18-22)13-7-4-8-14-20/h23-24H,1-16H2. The van der Waals surface area contributed by atoms with Crippen LogP contribution in [0.5, 0.6) is 0 Å². The van der Waals surface area contributed by atoms with Gasteiger partial charge in [-0.3, -0.25) is 10.6 Å². The van der Waals surface area contributed by atoms with E-state index in [1.54, 1.807) is 0 Å². The van der Waals surface area contributed by atoms with Gasteiger partial charge in [-0.25, -0.2) is 0 Å². The molecule has 0 unspecified atom stereocenters. The molecule has 0 amide bonds. The average molecular weight is 331 g/mol. The van der Waals surface area contributed by atoms with Gasteiger partial charge in [-0.15, -0.1) is 0 Å². The monoisotopic (exact) mass is 330 g/mol. The van der Waals surface area contributed by atoms with Crippen LogP contribution in [0.4, 0.5) is 0 Å². The fourth-order valence-electron chi connectivity index (χ4n) is 4.23. The summed E-state index contributed by atoms with van der Waals surface area (Å²) in [6.07, 6.45) is 16.1. The molecule has 2 fully saturated rings. The smallest absolute Gasteiger partial charge is 0.106 e. The van der Waals surface area contributed by atoms with Crippen LogP contribution in [0.2, 0.25) is 0 Å². The Hall–Kier alpha value is -1.10. The summed E-state index contributed by atoms with van der Waals surface area (Å²) in [6, 6.07) is 5.05. The topological polar surface area (TPSA) is 71.6 Å². The number of rotatable bonds is 9. The highest BCUT2D eigenvalue weighted by molar-refractivity contribution is 5.09. The summed E-state index contributed by atoms with van der Waals surface area (Å²) in [5.74, 6) is 0. The van der Waals surface area contributed by atoms with Gasteiger partial charge in [0.25, 0.3) is 0 Å².